The molecule has 148 valence electrons. The van der Waals surface area contributed by atoms with Crippen LogP contribution in [0.2, 0.25) is 0 Å². The van der Waals surface area contributed by atoms with Gasteiger partial charge in [-0.3, -0.25) is 9.69 Å². The van der Waals surface area contributed by atoms with Crippen molar-refractivity contribution < 1.29 is 4.79 Å². The standard InChI is InChI=1S/C25H25BrN2O/c26-22-13-11-21(12-14-22)25(29)28(23-9-5-2-6-10-23)24-15-17-27(18-16-24)19-20-7-3-1-4-8-20/h1-14,24H,15-19H2. The van der Waals surface area contributed by atoms with Crippen LogP contribution in [-0.2, 0) is 6.54 Å². The molecule has 3 nitrogen and oxygen atoms in total. The molecule has 0 spiro atoms. The first-order valence-corrected chi connectivity index (χ1v) is 10.9. The number of carbonyl (C=O) groups excluding carboxylic acids is 1. The highest BCUT2D eigenvalue weighted by molar-refractivity contribution is 9.10. The van der Waals surface area contributed by atoms with Crippen molar-refractivity contribution in [2.45, 2.75) is 25.4 Å². The average Bonchev–Trinajstić information content (AvgIpc) is 2.77. The number of anilines is 1. The van der Waals surface area contributed by atoms with Gasteiger partial charge < -0.3 is 4.90 Å². The number of nitrogens with zero attached hydrogens (tertiary/aromatic N) is 2. The smallest absolute Gasteiger partial charge is 0.258 e. The number of carbonyl (C=O) groups is 1. The highest BCUT2D eigenvalue weighted by Crippen LogP contribution is 2.27. The van der Waals surface area contributed by atoms with Crippen LogP contribution < -0.4 is 4.90 Å². The summed E-state index contributed by atoms with van der Waals surface area (Å²) in [7, 11) is 0. The Balaban J connectivity index is 1.50. The summed E-state index contributed by atoms with van der Waals surface area (Å²) in [6.07, 6.45) is 1.95. The van der Waals surface area contributed by atoms with Crippen LogP contribution in [0.4, 0.5) is 5.69 Å². The van der Waals surface area contributed by atoms with Crippen LogP contribution >= 0.6 is 15.9 Å². The monoisotopic (exact) mass is 448 g/mol. The number of likely N-dealkylation sites (tertiary alicyclic amines) is 1. The van der Waals surface area contributed by atoms with E-state index in [0.717, 1.165) is 48.2 Å². The maximum absolute atomic E-state index is 13.4. The van der Waals surface area contributed by atoms with E-state index in [-0.39, 0.29) is 11.9 Å². The van der Waals surface area contributed by atoms with Crippen molar-refractivity contribution in [1.82, 2.24) is 4.90 Å². The zero-order chi connectivity index (χ0) is 20.1. The molecule has 0 radical (unpaired) electrons. The van der Waals surface area contributed by atoms with Crippen molar-refractivity contribution in [2.24, 2.45) is 0 Å². The van der Waals surface area contributed by atoms with Gasteiger partial charge in [0.2, 0.25) is 0 Å². The van der Waals surface area contributed by atoms with Crippen molar-refractivity contribution in [3.63, 3.8) is 0 Å². The molecular weight excluding hydrogens is 424 g/mol. The number of halogens is 1. The molecule has 0 unspecified atom stereocenters. The van der Waals surface area contributed by atoms with Gasteiger partial charge in [0.1, 0.15) is 0 Å². The Kier molecular flexibility index (Phi) is 6.43. The molecule has 1 heterocycles. The predicted octanol–water partition coefficient (Wildman–Crippen LogP) is 5.76. The molecule has 1 amide bonds. The van der Waals surface area contributed by atoms with Crippen molar-refractivity contribution >= 4 is 27.5 Å². The van der Waals surface area contributed by atoms with E-state index in [2.05, 4.69) is 51.2 Å². The molecule has 1 fully saturated rings. The summed E-state index contributed by atoms with van der Waals surface area (Å²) < 4.78 is 0.981. The third-order valence-corrected chi connectivity index (χ3v) is 6.04. The number of hydrogen-bond acceptors (Lipinski definition) is 2. The van der Waals surface area contributed by atoms with Gasteiger partial charge in [-0.25, -0.2) is 0 Å². The molecule has 0 bridgehead atoms. The first-order valence-electron chi connectivity index (χ1n) is 10.1. The number of benzene rings is 3. The van der Waals surface area contributed by atoms with Crippen molar-refractivity contribution in [3.05, 3.63) is 101 Å². The zero-order valence-corrected chi connectivity index (χ0v) is 18.0. The number of para-hydroxylation sites is 1. The minimum absolute atomic E-state index is 0.0743. The van der Waals surface area contributed by atoms with Crippen molar-refractivity contribution in [2.75, 3.05) is 18.0 Å². The summed E-state index contributed by atoms with van der Waals surface area (Å²) in [5, 5.41) is 0. The summed E-state index contributed by atoms with van der Waals surface area (Å²) in [5.41, 5.74) is 3.04. The third kappa shape index (κ3) is 4.95. The molecule has 29 heavy (non-hydrogen) atoms. The van der Waals surface area contributed by atoms with Crippen molar-refractivity contribution in [1.29, 1.82) is 0 Å². The topological polar surface area (TPSA) is 23.6 Å². The SMILES string of the molecule is O=C(c1ccc(Br)cc1)N(c1ccccc1)C1CCN(Cc2ccccc2)CC1. The van der Waals surface area contributed by atoms with Gasteiger partial charge in [-0.15, -0.1) is 0 Å². The minimum atomic E-state index is 0.0743. The Hall–Kier alpha value is -2.43. The second-order valence-corrected chi connectivity index (χ2v) is 8.43. The van der Waals surface area contributed by atoms with Gasteiger partial charge in [-0.2, -0.15) is 0 Å². The molecular formula is C25H25BrN2O. The first-order chi connectivity index (χ1) is 14.2. The predicted molar refractivity (Wildman–Crippen MR) is 122 cm³/mol. The molecule has 0 aromatic heterocycles. The van der Waals surface area contributed by atoms with Gasteiger partial charge in [0.05, 0.1) is 0 Å². The van der Waals surface area contributed by atoms with E-state index in [4.69, 9.17) is 0 Å². The Morgan fingerprint density at radius 2 is 1.45 bits per heavy atom. The fraction of sp³-hybridized carbons (Fsp3) is 0.240. The van der Waals surface area contributed by atoms with Crippen LogP contribution in [0.15, 0.2) is 89.4 Å². The largest absolute Gasteiger partial charge is 0.305 e. The lowest BCUT2D eigenvalue weighted by Gasteiger charge is -2.38. The van der Waals surface area contributed by atoms with Gasteiger partial charge in [0.15, 0.2) is 0 Å². The second kappa shape index (κ2) is 9.38. The van der Waals surface area contributed by atoms with Crippen molar-refractivity contribution in [3.8, 4) is 0 Å². The van der Waals surface area contributed by atoms with E-state index in [0.29, 0.717) is 0 Å². The zero-order valence-electron chi connectivity index (χ0n) is 16.4. The Labute approximate surface area is 181 Å². The molecule has 3 aromatic carbocycles. The van der Waals surface area contributed by atoms with Crippen LogP contribution in [-0.4, -0.2) is 29.9 Å². The summed E-state index contributed by atoms with van der Waals surface area (Å²) in [4.78, 5) is 17.9. The van der Waals surface area contributed by atoms with E-state index >= 15 is 0 Å². The molecule has 0 N–H and O–H groups in total. The molecule has 0 aliphatic carbocycles. The number of rotatable bonds is 5. The molecule has 3 aromatic rings. The maximum atomic E-state index is 13.4. The molecule has 1 saturated heterocycles. The van der Waals surface area contributed by atoms with Gasteiger partial charge in [0, 0.05) is 41.4 Å². The lowest BCUT2D eigenvalue weighted by molar-refractivity contribution is 0.0958. The van der Waals surface area contributed by atoms with Crippen LogP contribution in [0.5, 0.6) is 0 Å². The molecule has 0 saturated carbocycles. The lowest BCUT2D eigenvalue weighted by Crippen LogP contribution is -2.47. The highest BCUT2D eigenvalue weighted by Gasteiger charge is 2.29. The summed E-state index contributed by atoms with van der Waals surface area (Å²) >= 11 is 3.46. The maximum Gasteiger partial charge on any atom is 0.258 e. The fourth-order valence-corrected chi connectivity index (χ4v) is 4.26. The number of piperidine rings is 1. The quantitative estimate of drug-likeness (QED) is 0.495. The third-order valence-electron chi connectivity index (χ3n) is 5.52. The van der Waals surface area contributed by atoms with Crippen LogP contribution in [0.1, 0.15) is 28.8 Å². The minimum Gasteiger partial charge on any atom is -0.305 e. The van der Waals surface area contributed by atoms with Gasteiger partial charge in [0.25, 0.3) is 5.91 Å². The molecule has 1 aliphatic rings. The van der Waals surface area contributed by atoms with Crippen LogP contribution in [0, 0.1) is 0 Å². The molecule has 4 heteroatoms. The Bertz CT molecular complexity index is 920. The molecule has 0 atom stereocenters. The highest BCUT2D eigenvalue weighted by atomic mass is 79.9. The summed E-state index contributed by atoms with van der Waals surface area (Å²) in [6, 6.07) is 28.5. The summed E-state index contributed by atoms with van der Waals surface area (Å²) in [5.74, 6) is 0.0743. The Morgan fingerprint density at radius 3 is 2.07 bits per heavy atom. The van der Waals surface area contributed by atoms with Gasteiger partial charge in [-0.05, 0) is 54.8 Å². The van der Waals surface area contributed by atoms with E-state index < -0.39 is 0 Å². The first kappa shape index (κ1) is 19.9. The van der Waals surface area contributed by atoms with E-state index in [1.807, 2.05) is 59.5 Å². The van der Waals surface area contributed by atoms with Crippen LogP contribution in [0.3, 0.4) is 0 Å². The summed E-state index contributed by atoms with van der Waals surface area (Å²) in [6.45, 7) is 2.96. The fourth-order valence-electron chi connectivity index (χ4n) is 3.99. The van der Waals surface area contributed by atoms with Gasteiger partial charge >= 0.3 is 0 Å². The second-order valence-electron chi connectivity index (χ2n) is 7.51. The van der Waals surface area contributed by atoms with E-state index in [1.165, 1.54) is 5.56 Å². The Morgan fingerprint density at radius 1 is 0.862 bits per heavy atom. The van der Waals surface area contributed by atoms with E-state index in [9.17, 15) is 4.79 Å². The average molecular weight is 449 g/mol. The molecule has 1 aliphatic heterocycles. The van der Waals surface area contributed by atoms with Gasteiger partial charge in [-0.1, -0.05) is 64.5 Å². The lowest BCUT2D eigenvalue weighted by atomic mass is 10.00. The number of amides is 1. The molecule has 4 rings (SSSR count). The normalized spacial score (nSPS) is 15.2. The number of hydrogen-bond donors (Lipinski definition) is 0. The van der Waals surface area contributed by atoms with Crippen LogP contribution in [0.25, 0.3) is 0 Å². The van der Waals surface area contributed by atoms with E-state index in [1.54, 1.807) is 0 Å².